The average molecular weight is 235 g/mol. The van der Waals surface area contributed by atoms with E-state index in [1.165, 1.54) is 0 Å². The molecule has 0 fully saturated rings. The molecule has 0 aliphatic heterocycles. The summed E-state index contributed by atoms with van der Waals surface area (Å²) in [7, 11) is 0. The molecule has 1 atom stereocenters. The van der Waals surface area contributed by atoms with Crippen LogP contribution in [0.15, 0.2) is 12.4 Å². The van der Waals surface area contributed by atoms with E-state index < -0.39 is 0 Å². The van der Waals surface area contributed by atoms with E-state index in [9.17, 15) is 5.11 Å². The Labute approximate surface area is 102 Å². The van der Waals surface area contributed by atoms with Crippen molar-refractivity contribution in [3.8, 4) is 0 Å². The van der Waals surface area contributed by atoms with Crippen molar-refractivity contribution >= 4 is 5.57 Å². The van der Waals surface area contributed by atoms with Gasteiger partial charge in [-0.05, 0) is 43.8 Å². The van der Waals surface area contributed by atoms with Gasteiger partial charge in [0, 0.05) is 6.04 Å². The van der Waals surface area contributed by atoms with Crippen LogP contribution in [0.2, 0.25) is 0 Å². The topological polar surface area (TPSA) is 50.9 Å². The maximum atomic E-state index is 9.91. The molecule has 4 nitrogen and oxygen atoms in total. The summed E-state index contributed by atoms with van der Waals surface area (Å²) in [4.78, 5) is 4.33. The van der Waals surface area contributed by atoms with Crippen molar-refractivity contribution in [3.63, 3.8) is 0 Å². The number of allylic oxidation sites excluding steroid dienone is 1. The van der Waals surface area contributed by atoms with E-state index in [2.05, 4.69) is 37.8 Å². The predicted octanol–water partition coefficient (Wildman–Crippen LogP) is 2.42. The van der Waals surface area contributed by atoms with Gasteiger partial charge in [-0.1, -0.05) is 13.8 Å². The van der Waals surface area contributed by atoms with Gasteiger partial charge >= 0.3 is 0 Å². The van der Waals surface area contributed by atoms with Gasteiger partial charge in [0.05, 0.1) is 6.10 Å². The Kier molecular flexibility index (Phi) is 3.08. The first-order chi connectivity index (χ1) is 7.89. The molecule has 0 saturated carbocycles. The van der Waals surface area contributed by atoms with Gasteiger partial charge < -0.3 is 5.11 Å². The zero-order valence-corrected chi connectivity index (χ0v) is 11.0. The highest BCUT2D eigenvalue weighted by molar-refractivity contribution is 5.62. The summed E-state index contributed by atoms with van der Waals surface area (Å²) < 4.78 is 1.92. The van der Waals surface area contributed by atoms with Crippen LogP contribution in [0.1, 0.15) is 52.4 Å². The second-order valence-electron chi connectivity index (χ2n) is 5.93. The highest BCUT2D eigenvalue weighted by Crippen LogP contribution is 2.39. The first-order valence-corrected chi connectivity index (χ1v) is 6.18. The molecule has 94 valence electrons. The molecular formula is C13H21N3O. The molecule has 0 spiro atoms. The van der Waals surface area contributed by atoms with Crippen molar-refractivity contribution < 1.29 is 5.11 Å². The van der Waals surface area contributed by atoms with Crippen molar-refractivity contribution in [2.45, 2.75) is 52.7 Å². The lowest BCUT2D eigenvalue weighted by atomic mass is 9.76. The van der Waals surface area contributed by atoms with Gasteiger partial charge in [0.1, 0.15) is 6.33 Å². The summed E-state index contributed by atoms with van der Waals surface area (Å²) in [6, 6.07) is 0.288. The molecule has 1 aromatic heterocycles. The van der Waals surface area contributed by atoms with Gasteiger partial charge in [0.2, 0.25) is 0 Å². The normalized spacial score (nSPS) is 23.9. The van der Waals surface area contributed by atoms with Crippen LogP contribution in [-0.4, -0.2) is 26.0 Å². The van der Waals surface area contributed by atoms with Gasteiger partial charge in [-0.2, -0.15) is 5.10 Å². The van der Waals surface area contributed by atoms with Crippen LogP contribution in [0.25, 0.3) is 5.57 Å². The van der Waals surface area contributed by atoms with Crippen LogP contribution >= 0.6 is 0 Å². The number of rotatable bonds is 2. The minimum Gasteiger partial charge on any atom is -0.389 e. The molecule has 17 heavy (non-hydrogen) atoms. The van der Waals surface area contributed by atoms with Gasteiger partial charge in [-0.25, -0.2) is 9.67 Å². The SMILES string of the molecule is CC(C)n1ncnc1C1=CC(O)CC(C)(C)C1. The van der Waals surface area contributed by atoms with E-state index in [1.807, 2.05) is 10.8 Å². The molecule has 1 aromatic rings. The van der Waals surface area contributed by atoms with E-state index >= 15 is 0 Å². The van der Waals surface area contributed by atoms with E-state index in [1.54, 1.807) is 6.33 Å². The average Bonchev–Trinajstić information content (AvgIpc) is 2.61. The Hall–Kier alpha value is -1.16. The number of hydrogen-bond donors (Lipinski definition) is 1. The molecular weight excluding hydrogens is 214 g/mol. The summed E-state index contributed by atoms with van der Waals surface area (Å²) >= 11 is 0. The number of nitrogens with zero attached hydrogens (tertiary/aromatic N) is 3. The maximum Gasteiger partial charge on any atom is 0.153 e. The van der Waals surface area contributed by atoms with E-state index in [0.717, 1.165) is 24.2 Å². The molecule has 2 rings (SSSR count). The molecule has 0 bridgehead atoms. The predicted molar refractivity (Wildman–Crippen MR) is 67.4 cm³/mol. The molecule has 0 amide bonds. The third-order valence-corrected chi connectivity index (χ3v) is 3.17. The quantitative estimate of drug-likeness (QED) is 0.856. The molecule has 1 aliphatic carbocycles. The second-order valence-corrected chi connectivity index (χ2v) is 5.93. The van der Waals surface area contributed by atoms with Crippen molar-refractivity contribution in [2.24, 2.45) is 5.41 Å². The lowest BCUT2D eigenvalue weighted by Gasteiger charge is -2.32. The largest absolute Gasteiger partial charge is 0.389 e. The fourth-order valence-corrected chi connectivity index (χ4v) is 2.52. The zero-order valence-electron chi connectivity index (χ0n) is 11.0. The monoisotopic (exact) mass is 235 g/mol. The molecule has 0 radical (unpaired) electrons. The Morgan fingerprint density at radius 3 is 2.76 bits per heavy atom. The number of hydrogen-bond acceptors (Lipinski definition) is 3. The van der Waals surface area contributed by atoms with Crippen LogP contribution in [-0.2, 0) is 0 Å². The summed E-state index contributed by atoms with van der Waals surface area (Å²) in [5, 5.41) is 14.2. The Balaban J connectivity index is 2.36. The summed E-state index contributed by atoms with van der Waals surface area (Å²) in [6.07, 6.45) is 4.89. The second kappa shape index (κ2) is 4.26. The molecule has 1 heterocycles. The highest BCUT2D eigenvalue weighted by Gasteiger charge is 2.30. The van der Waals surface area contributed by atoms with Crippen LogP contribution < -0.4 is 0 Å². The zero-order chi connectivity index (χ0) is 12.6. The van der Waals surface area contributed by atoms with Crippen molar-refractivity contribution in [1.29, 1.82) is 0 Å². The van der Waals surface area contributed by atoms with E-state index in [0.29, 0.717) is 0 Å². The van der Waals surface area contributed by atoms with Crippen LogP contribution in [0.3, 0.4) is 0 Å². The molecule has 0 aromatic carbocycles. The lowest BCUT2D eigenvalue weighted by molar-refractivity contribution is 0.145. The Morgan fingerprint density at radius 1 is 1.47 bits per heavy atom. The summed E-state index contributed by atoms with van der Waals surface area (Å²) in [5.74, 6) is 0.895. The standard InChI is InChI=1S/C13H21N3O/c1-9(2)16-12(14-8-15-16)10-5-11(17)7-13(3,4)6-10/h5,8-9,11,17H,6-7H2,1-4H3. The first kappa shape index (κ1) is 12.3. The van der Waals surface area contributed by atoms with Crippen LogP contribution in [0.4, 0.5) is 0 Å². The third-order valence-electron chi connectivity index (χ3n) is 3.17. The molecule has 1 aliphatic rings. The van der Waals surface area contributed by atoms with Crippen molar-refractivity contribution in [1.82, 2.24) is 14.8 Å². The summed E-state index contributed by atoms with van der Waals surface area (Å²) in [5.41, 5.74) is 1.23. The molecule has 0 saturated heterocycles. The van der Waals surface area contributed by atoms with Gasteiger partial charge in [0.25, 0.3) is 0 Å². The summed E-state index contributed by atoms with van der Waals surface area (Å²) in [6.45, 7) is 8.53. The minimum absolute atomic E-state index is 0.122. The van der Waals surface area contributed by atoms with Gasteiger partial charge in [0.15, 0.2) is 5.82 Å². The number of aliphatic hydroxyl groups is 1. The Bertz CT molecular complexity index is 432. The van der Waals surface area contributed by atoms with Crippen LogP contribution in [0, 0.1) is 5.41 Å². The third kappa shape index (κ3) is 2.57. The van der Waals surface area contributed by atoms with E-state index in [4.69, 9.17) is 0 Å². The minimum atomic E-state index is -0.369. The fraction of sp³-hybridized carbons (Fsp3) is 0.692. The molecule has 1 N–H and O–H groups in total. The van der Waals surface area contributed by atoms with Crippen molar-refractivity contribution in [2.75, 3.05) is 0 Å². The van der Waals surface area contributed by atoms with Gasteiger partial charge in [-0.15, -0.1) is 0 Å². The van der Waals surface area contributed by atoms with Gasteiger partial charge in [-0.3, -0.25) is 0 Å². The smallest absolute Gasteiger partial charge is 0.153 e. The molecule has 4 heteroatoms. The lowest BCUT2D eigenvalue weighted by Crippen LogP contribution is -2.25. The van der Waals surface area contributed by atoms with Crippen LogP contribution in [0.5, 0.6) is 0 Å². The van der Waals surface area contributed by atoms with E-state index in [-0.39, 0.29) is 17.6 Å². The highest BCUT2D eigenvalue weighted by atomic mass is 16.3. The maximum absolute atomic E-state index is 9.91. The Morgan fingerprint density at radius 2 is 2.18 bits per heavy atom. The number of aromatic nitrogens is 3. The molecule has 1 unspecified atom stereocenters. The number of aliphatic hydroxyl groups excluding tert-OH is 1. The first-order valence-electron chi connectivity index (χ1n) is 6.18. The fourth-order valence-electron chi connectivity index (χ4n) is 2.52. The van der Waals surface area contributed by atoms with Crippen molar-refractivity contribution in [3.05, 3.63) is 18.2 Å².